The Hall–Kier alpha value is -1.95. The summed E-state index contributed by atoms with van der Waals surface area (Å²) in [6.45, 7) is 0. The number of benzene rings is 1. The summed E-state index contributed by atoms with van der Waals surface area (Å²) in [7, 11) is 3.27. The third-order valence-electron chi connectivity index (χ3n) is 2.69. The van der Waals surface area contributed by atoms with Crippen LogP contribution in [0.5, 0.6) is 5.75 Å². The monoisotopic (exact) mass is 250 g/mol. The Morgan fingerprint density at radius 1 is 1.50 bits per heavy atom. The summed E-state index contributed by atoms with van der Waals surface area (Å²) < 4.78 is 20.3. The smallest absolute Gasteiger partial charge is 0.131 e. The average molecular weight is 250 g/mol. The molecule has 1 unspecified atom stereocenters. The second-order valence-electron chi connectivity index (χ2n) is 4.08. The second kappa shape index (κ2) is 5.14. The minimum absolute atomic E-state index is 0.370. The van der Waals surface area contributed by atoms with Crippen molar-refractivity contribution in [2.45, 2.75) is 12.5 Å². The number of halogens is 1. The van der Waals surface area contributed by atoms with Crippen molar-refractivity contribution < 1.29 is 9.13 Å². The standard InChI is InChI=1S/C12H15FN4O/c1-17-7-8(15-16-17)5-12(14)10-4-3-9(18-2)6-11(10)13/h3-4,6-7,12H,5,14H2,1-2H3. The maximum Gasteiger partial charge on any atom is 0.131 e. The number of nitrogens with zero attached hydrogens (tertiary/aromatic N) is 3. The fraction of sp³-hybridized carbons (Fsp3) is 0.333. The third-order valence-corrected chi connectivity index (χ3v) is 2.69. The summed E-state index contributed by atoms with van der Waals surface area (Å²) in [5.74, 6) is 0.105. The molecule has 0 saturated heterocycles. The molecular weight excluding hydrogens is 235 g/mol. The zero-order chi connectivity index (χ0) is 13.1. The van der Waals surface area contributed by atoms with Gasteiger partial charge < -0.3 is 10.5 Å². The largest absolute Gasteiger partial charge is 0.497 e. The molecule has 1 aromatic carbocycles. The molecule has 0 aliphatic carbocycles. The van der Waals surface area contributed by atoms with Crippen molar-refractivity contribution in [3.63, 3.8) is 0 Å². The number of aromatic nitrogens is 3. The zero-order valence-corrected chi connectivity index (χ0v) is 10.3. The van der Waals surface area contributed by atoms with E-state index < -0.39 is 6.04 Å². The van der Waals surface area contributed by atoms with Crippen molar-refractivity contribution in [2.24, 2.45) is 12.8 Å². The normalized spacial score (nSPS) is 12.4. The van der Waals surface area contributed by atoms with Crippen molar-refractivity contribution in [3.8, 4) is 5.75 Å². The minimum Gasteiger partial charge on any atom is -0.497 e. The van der Waals surface area contributed by atoms with Gasteiger partial charge in [-0.15, -0.1) is 5.10 Å². The molecule has 0 fully saturated rings. The SMILES string of the molecule is COc1ccc(C(N)Cc2cn(C)nn2)c(F)c1. The Labute approximate surface area is 104 Å². The number of hydrogen-bond donors (Lipinski definition) is 1. The average Bonchev–Trinajstić information content (AvgIpc) is 2.74. The van der Waals surface area contributed by atoms with Gasteiger partial charge >= 0.3 is 0 Å². The first-order chi connectivity index (χ1) is 8.60. The fourth-order valence-electron chi connectivity index (χ4n) is 1.76. The lowest BCUT2D eigenvalue weighted by Crippen LogP contribution is -2.15. The molecular formula is C12H15FN4O. The molecule has 1 atom stereocenters. The van der Waals surface area contributed by atoms with Crippen LogP contribution in [0.1, 0.15) is 17.3 Å². The van der Waals surface area contributed by atoms with Gasteiger partial charge in [0.15, 0.2) is 0 Å². The van der Waals surface area contributed by atoms with Crippen LogP contribution >= 0.6 is 0 Å². The van der Waals surface area contributed by atoms with Gasteiger partial charge in [0, 0.05) is 37.3 Å². The van der Waals surface area contributed by atoms with Gasteiger partial charge in [0.1, 0.15) is 11.6 Å². The number of rotatable bonds is 4. The number of nitrogens with two attached hydrogens (primary N) is 1. The zero-order valence-electron chi connectivity index (χ0n) is 10.3. The third kappa shape index (κ3) is 2.65. The molecule has 2 aromatic rings. The molecule has 0 aliphatic rings. The summed E-state index contributed by atoms with van der Waals surface area (Å²) in [6.07, 6.45) is 2.21. The highest BCUT2D eigenvalue weighted by Crippen LogP contribution is 2.22. The first kappa shape index (κ1) is 12.5. The Kier molecular flexibility index (Phi) is 3.57. The lowest BCUT2D eigenvalue weighted by molar-refractivity contribution is 0.410. The van der Waals surface area contributed by atoms with E-state index in [4.69, 9.17) is 10.5 Å². The van der Waals surface area contributed by atoms with Crippen LogP contribution in [-0.2, 0) is 13.5 Å². The van der Waals surface area contributed by atoms with Crippen LogP contribution in [0.4, 0.5) is 4.39 Å². The molecule has 18 heavy (non-hydrogen) atoms. The summed E-state index contributed by atoms with van der Waals surface area (Å²) in [5, 5.41) is 7.74. The number of aryl methyl sites for hydroxylation is 1. The molecule has 0 aliphatic heterocycles. The summed E-state index contributed by atoms with van der Waals surface area (Å²) in [6, 6.07) is 4.20. The summed E-state index contributed by atoms with van der Waals surface area (Å²) in [5.41, 5.74) is 7.15. The summed E-state index contributed by atoms with van der Waals surface area (Å²) >= 11 is 0. The maximum absolute atomic E-state index is 13.8. The van der Waals surface area contributed by atoms with Gasteiger partial charge in [0.05, 0.1) is 12.8 Å². The predicted molar refractivity (Wildman–Crippen MR) is 64.6 cm³/mol. The Balaban J connectivity index is 2.15. The Bertz CT molecular complexity index is 541. The Morgan fingerprint density at radius 2 is 2.28 bits per heavy atom. The van der Waals surface area contributed by atoms with Crippen LogP contribution in [0.2, 0.25) is 0 Å². The van der Waals surface area contributed by atoms with Crippen LogP contribution in [0.3, 0.4) is 0 Å². The van der Waals surface area contributed by atoms with E-state index in [1.165, 1.54) is 13.2 Å². The molecule has 5 nitrogen and oxygen atoms in total. The van der Waals surface area contributed by atoms with Gasteiger partial charge in [0.2, 0.25) is 0 Å². The van der Waals surface area contributed by atoms with Gasteiger partial charge in [-0.25, -0.2) is 4.39 Å². The van der Waals surface area contributed by atoms with E-state index >= 15 is 0 Å². The summed E-state index contributed by atoms with van der Waals surface area (Å²) in [4.78, 5) is 0. The fourth-order valence-corrected chi connectivity index (χ4v) is 1.76. The molecule has 0 bridgehead atoms. The molecule has 1 aromatic heterocycles. The van der Waals surface area contributed by atoms with E-state index in [1.54, 1.807) is 30.1 Å². The van der Waals surface area contributed by atoms with Crippen molar-refractivity contribution >= 4 is 0 Å². The predicted octanol–water partition coefficient (Wildman–Crippen LogP) is 1.21. The first-order valence-corrected chi connectivity index (χ1v) is 5.54. The number of hydrogen-bond acceptors (Lipinski definition) is 4. The Morgan fingerprint density at radius 3 is 2.83 bits per heavy atom. The van der Waals surface area contributed by atoms with Gasteiger partial charge in [0.25, 0.3) is 0 Å². The van der Waals surface area contributed by atoms with Gasteiger partial charge in [-0.05, 0) is 6.07 Å². The van der Waals surface area contributed by atoms with Crippen LogP contribution in [0.15, 0.2) is 24.4 Å². The lowest BCUT2D eigenvalue weighted by Gasteiger charge is -2.12. The molecule has 2 rings (SSSR count). The van der Waals surface area contributed by atoms with E-state index in [9.17, 15) is 4.39 Å². The molecule has 0 saturated carbocycles. The molecule has 0 radical (unpaired) electrons. The van der Waals surface area contributed by atoms with Crippen LogP contribution in [0.25, 0.3) is 0 Å². The highest BCUT2D eigenvalue weighted by Gasteiger charge is 2.14. The topological polar surface area (TPSA) is 66.0 Å². The van der Waals surface area contributed by atoms with Gasteiger partial charge in [-0.2, -0.15) is 0 Å². The van der Waals surface area contributed by atoms with Crippen molar-refractivity contribution in [2.75, 3.05) is 7.11 Å². The van der Waals surface area contributed by atoms with E-state index in [0.717, 1.165) is 5.69 Å². The highest BCUT2D eigenvalue weighted by molar-refractivity contribution is 5.31. The van der Waals surface area contributed by atoms with Gasteiger partial charge in [-0.1, -0.05) is 11.3 Å². The van der Waals surface area contributed by atoms with Crippen molar-refractivity contribution in [1.82, 2.24) is 15.0 Å². The molecule has 0 spiro atoms. The highest BCUT2D eigenvalue weighted by atomic mass is 19.1. The molecule has 96 valence electrons. The van der Waals surface area contributed by atoms with E-state index in [-0.39, 0.29) is 5.82 Å². The van der Waals surface area contributed by atoms with E-state index in [0.29, 0.717) is 17.7 Å². The van der Waals surface area contributed by atoms with Crippen molar-refractivity contribution in [3.05, 3.63) is 41.5 Å². The quantitative estimate of drug-likeness (QED) is 0.885. The number of methoxy groups -OCH3 is 1. The molecule has 2 N–H and O–H groups in total. The maximum atomic E-state index is 13.8. The first-order valence-electron chi connectivity index (χ1n) is 5.54. The van der Waals surface area contributed by atoms with Gasteiger partial charge in [-0.3, -0.25) is 4.68 Å². The molecule has 0 amide bonds. The number of ether oxygens (including phenoxy) is 1. The van der Waals surface area contributed by atoms with E-state index in [2.05, 4.69) is 10.3 Å². The second-order valence-corrected chi connectivity index (χ2v) is 4.08. The molecule has 1 heterocycles. The van der Waals surface area contributed by atoms with E-state index in [1.807, 2.05) is 0 Å². The lowest BCUT2D eigenvalue weighted by atomic mass is 10.0. The minimum atomic E-state index is -0.451. The van der Waals surface area contributed by atoms with Crippen LogP contribution < -0.4 is 10.5 Å². The van der Waals surface area contributed by atoms with Crippen LogP contribution in [-0.4, -0.2) is 22.1 Å². The van der Waals surface area contributed by atoms with Crippen molar-refractivity contribution in [1.29, 1.82) is 0 Å². The van der Waals surface area contributed by atoms with Crippen LogP contribution in [0, 0.1) is 5.82 Å². The molecule has 6 heteroatoms.